The van der Waals surface area contributed by atoms with Crippen LogP contribution >= 0.6 is 12.4 Å². The number of carbonyl (C=O) groups is 1. The van der Waals surface area contributed by atoms with Gasteiger partial charge in [-0.3, -0.25) is 4.79 Å². The molecule has 0 spiro atoms. The van der Waals surface area contributed by atoms with Gasteiger partial charge in [0, 0.05) is 37.1 Å². The molecule has 5 nitrogen and oxygen atoms in total. The molecule has 3 N–H and O–H groups in total. The van der Waals surface area contributed by atoms with Crippen molar-refractivity contribution in [1.82, 2.24) is 5.32 Å². The number of nitrogens with two attached hydrogens (primary N) is 1. The summed E-state index contributed by atoms with van der Waals surface area (Å²) in [5.74, 6) is 2.27. The molecule has 2 aliphatic carbocycles. The molecule has 1 aliphatic heterocycles. The Morgan fingerprint density at radius 1 is 1.17 bits per heavy atom. The van der Waals surface area contributed by atoms with Gasteiger partial charge < -0.3 is 20.5 Å². The molecular weight excluding hydrogens is 388 g/mol. The molecule has 2 bridgehead atoms. The summed E-state index contributed by atoms with van der Waals surface area (Å²) in [5, 5.41) is 3.33. The van der Waals surface area contributed by atoms with Crippen molar-refractivity contribution in [3.8, 4) is 5.75 Å². The lowest BCUT2D eigenvalue weighted by atomic mass is 9.65. The zero-order valence-electron chi connectivity index (χ0n) is 17.4. The number of nitrogens with one attached hydrogen (secondary N) is 1. The van der Waals surface area contributed by atoms with Crippen LogP contribution in [-0.2, 0) is 14.9 Å². The van der Waals surface area contributed by atoms with Gasteiger partial charge in [-0.2, -0.15) is 0 Å². The molecule has 1 amide bonds. The van der Waals surface area contributed by atoms with E-state index in [4.69, 9.17) is 15.2 Å². The van der Waals surface area contributed by atoms with Gasteiger partial charge >= 0.3 is 0 Å². The molecule has 1 aromatic rings. The Balaban J connectivity index is 0.00000240. The van der Waals surface area contributed by atoms with Gasteiger partial charge in [0.05, 0.1) is 7.11 Å². The highest BCUT2D eigenvalue weighted by molar-refractivity contribution is 5.85. The second kappa shape index (κ2) is 9.67. The number of rotatable bonds is 5. The first kappa shape index (κ1) is 22.4. The Bertz CT molecular complexity index is 661. The molecule has 3 fully saturated rings. The molecule has 1 aromatic carbocycles. The minimum absolute atomic E-state index is 0. The van der Waals surface area contributed by atoms with E-state index in [1.807, 2.05) is 12.1 Å². The van der Waals surface area contributed by atoms with E-state index in [0.29, 0.717) is 24.4 Å². The second-order valence-electron chi connectivity index (χ2n) is 9.04. The molecule has 29 heavy (non-hydrogen) atoms. The fourth-order valence-corrected chi connectivity index (χ4v) is 5.68. The predicted molar refractivity (Wildman–Crippen MR) is 117 cm³/mol. The lowest BCUT2D eigenvalue weighted by molar-refractivity contribution is -0.128. The van der Waals surface area contributed by atoms with E-state index in [2.05, 4.69) is 17.4 Å². The zero-order valence-corrected chi connectivity index (χ0v) is 18.2. The number of fused-ring (bicyclic) bond motifs is 2. The molecule has 1 heterocycles. The quantitative estimate of drug-likeness (QED) is 0.762. The summed E-state index contributed by atoms with van der Waals surface area (Å²) in [6.45, 7) is 2.16. The van der Waals surface area contributed by atoms with Gasteiger partial charge in [0.25, 0.3) is 0 Å². The summed E-state index contributed by atoms with van der Waals surface area (Å²) >= 11 is 0. The molecule has 2 unspecified atom stereocenters. The van der Waals surface area contributed by atoms with Crippen LogP contribution < -0.4 is 15.8 Å². The van der Waals surface area contributed by atoms with E-state index in [-0.39, 0.29) is 29.6 Å². The normalized spacial score (nSPS) is 30.7. The van der Waals surface area contributed by atoms with Gasteiger partial charge in [-0.1, -0.05) is 18.6 Å². The van der Waals surface area contributed by atoms with Crippen molar-refractivity contribution in [2.24, 2.45) is 23.5 Å². The van der Waals surface area contributed by atoms with Crippen LogP contribution in [0, 0.1) is 17.8 Å². The highest BCUT2D eigenvalue weighted by atomic mass is 35.5. The molecule has 2 atom stereocenters. The van der Waals surface area contributed by atoms with Crippen LogP contribution in [0.2, 0.25) is 0 Å². The van der Waals surface area contributed by atoms with Crippen molar-refractivity contribution in [2.45, 2.75) is 56.4 Å². The number of hydrogen-bond acceptors (Lipinski definition) is 4. The van der Waals surface area contributed by atoms with Gasteiger partial charge in [-0.25, -0.2) is 0 Å². The SMILES string of the molecule is COc1ccc(C2(CNC(=O)C3CC4CCCC(C3)C4N)CCOCC2)cc1.Cl. The van der Waals surface area contributed by atoms with E-state index in [1.54, 1.807) is 7.11 Å². The van der Waals surface area contributed by atoms with Crippen molar-refractivity contribution >= 4 is 18.3 Å². The van der Waals surface area contributed by atoms with Crippen molar-refractivity contribution in [3.05, 3.63) is 29.8 Å². The standard InChI is InChI=1S/C23H34N2O3.ClH/c1-27-20-7-5-19(6-8-20)23(9-11-28-12-10-23)15-25-22(26)18-13-16-3-2-4-17(14-18)21(16)24;/h5-8,16-18,21H,2-4,9-15,24H2,1H3,(H,25,26);1H. The molecule has 3 aliphatic rings. The number of hydrogen-bond donors (Lipinski definition) is 2. The number of halogens is 1. The number of benzene rings is 1. The van der Waals surface area contributed by atoms with Crippen LogP contribution in [-0.4, -0.2) is 38.8 Å². The molecule has 4 rings (SSSR count). The summed E-state index contributed by atoms with van der Waals surface area (Å²) < 4.78 is 10.9. The smallest absolute Gasteiger partial charge is 0.223 e. The Hall–Kier alpha value is -1.30. The third-order valence-corrected chi connectivity index (χ3v) is 7.54. The Morgan fingerprint density at radius 3 is 2.38 bits per heavy atom. The number of carbonyl (C=O) groups excluding carboxylic acids is 1. The van der Waals surface area contributed by atoms with E-state index >= 15 is 0 Å². The van der Waals surface area contributed by atoms with Gasteiger partial charge in [-0.05, 0) is 68.1 Å². The minimum atomic E-state index is -0.0544. The molecule has 2 saturated carbocycles. The van der Waals surface area contributed by atoms with E-state index in [9.17, 15) is 4.79 Å². The first-order chi connectivity index (χ1) is 13.6. The van der Waals surface area contributed by atoms with Crippen LogP contribution in [0.4, 0.5) is 0 Å². The molecule has 0 radical (unpaired) electrons. The van der Waals surface area contributed by atoms with Crippen LogP contribution in [0.5, 0.6) is 5.75 Å². The van der Waals surface area contributed by atoms with Crippen molar-refractivity contribution < 1.29 is 14.3 Å². The average molecular weight is 423 g/mol. The first-order valence-electron chi connectivity index (χ1n) is 10.9. The topological polar surface area (TPSA) is 73.6 Å². The van der Waals surface area contributed by atoms with Crippen molar-refractivity contribution in [3.63, 3.8) is 0 Å². The second-order valence-corrected chi connectivity index (χ2v) is 9.04. The van der Waals surface area contributed by atoms with E-state index in [1.165, 1.54) is 24.8 Å². The van der Waals surface area contributed by atoms with Gasteiger partial charge in [0.15, 0.2) is 0 Å². The van der Waals surface area contributed by atoms with Crippen LogP contribution in [0.1, 0.15) is 50.5 Å². The minimum Gasteiger partial charge on any atom is -0.497 e. The van der Waals surface area contributed by atoms with Crippen molar-refractivity contribution in [1.29, 1.82) is 0 Å². The molecule has 162 valence electrons. The fraction of sp³-hybridized carbons (Fsp3) is 0.696. The third kappa shape index (κ3) is 4.73. The maximum Gasteiger partial charge on any atom is 0.223 e. The molecular formula is C23H35ClN2O3. The van der Waals surface area contributed by atoms with Crippen LogP contribution in [0.3, 0.4) is 0 Å². The maximum atomic E-state index is 13.0. The molecule has 0 aromatic heterocycles. The van der Waals surface area contributed by atoms with Gasteiger partial charge in [0.1, 0.15) is 5.75 Å². The van der Waals surface area contributed by atoms with Crippen LogP contribution in [0.25, 0.3) is 0 Å². The summed E-state index contributed by atoms with van der Waals surface area (Å²) in [6.07, 6.45) is 7.44. The monoisotopic (exact) mass is 422 g/mol. The number of ether oxygens (including phenoxy) is 2. The number of amides is 1. The maximum absolute atomic E-state index is 13.0. The fourth-order valence-electron chi connectivity index (χ4n) is 5.68. The highest BCUT2D eigenvalue weighted by Gasteiger charge is 2.41. The number of methoxy groups -OCH3 is 1. The largest absolute Gasteiger partial charge is 0.497 e. The summed E-state index contributed by atoms with van der Waals surface area (Å²) in [4.78, 5) is 13.0. The van der Waals surface area contributed by atoms with Gasteiger partial charge in [-0.15, -0.1) is 12.4 Å². The van der Waals surface area contributed by atoms with E-state index in [0.717, 1.165) is 44.6 Å². The zero-order chi connectivity index (χ0) is 19.6. The van der Waals surface area contributed by atoms with E-state index < -0.39 is 0 Å². The average Bonchev–Trinajstić information content (AvgIpc) is 2.72. The summed E-state index contributed by atoms with van der Waals surface area (Å²) in [6, 6.07) is 8.61. The Labute approximate surface area is 180 Å². The third-order valence-electron chi connectivity index (χ3n) is 7.54. The Morgan fingerprint density at radius 2 is 1.79 bits per heavy atom. The first-order valence-corrected chi connectivity index (χ1v) is 10.9. The molecule has 1 saturated heterocycles. The van der Waals surface area contributed by atoms with Gasteiger partial charge in [0.2, 0.25) is 5.91 Å². The Kier molecular flexibility index (Phi) is 7.47. The molecule has 6 heteroatoms. The van der Waals surface area contributed by atoms with Crippen molar-refractivity contribution in [2.75, 3.05) is 26.9 Å². The lowest BCUT2D eigenvalue weighted by Gasteiger charge is -2.44. The lowest BCUT2D eigenvalue weighted by Crippen LogP contribution is -2.51. The summed E-state index contributed by atoms with van der Waals surface area (Å²) in [5.41, 5.74) is 7.61. The highest BCUT2D eigenvalue weighted by Crippen LogP contribution is 2.42. The van der Waals surface area contributed by atoms with Crippen LogP contribution in [0.15, 0.2) is 24.3 Å². The predicted octanol–water partition coefficient (Wildman–Crippen LogP) is 3.44. The summed E-state index contributed by atoms with van der Waals surface area (Å²) in [7, 11) is 1.69.